The highest BCUT2D eigenvalue weighted by atomic mass is 32.2. The number of nitro groups is 1. The molecule has 0 radical (unpaired) electrons. The maximum atomic E-state index is 13.7. The molecule has 2 aromatic carbocycles. The van der Waals surface area contributed by atoms with Crippen LogP contribution in [0.5, 0.6) is 0 Å². The molecule has 0 saturated carbocycles. The lowest BCUT2D eigenvalue weighted by Crippen LogP contribution is -2.43. The van der Waals surface area contributed by atoms with Gasteiger partial charge in [-0.1, -0.05) is 32.0 Å². The van der Waals surface area contributed by atoms with Gasteiger partial charge in [-0.25, -0.2) is 4.79 Å². The number of non-ortho nitro benzene ring substituents is 1. The van der Waals surface area contributed by atoms with E-state index >= 15 is 0 Å². The van der Waals surface area contributed by atoms with E-state index in [2.05, 4.69) is 0 Å². The minimum atomic E-state index is -0.700. The first kappa shape index (κ1) is 25.5. The Bertz CT molecular complexity index is 1300. The smallest absolute Gasteiger partial charge is 0.338 e. The molecule has 9 heteroatoms. The van der Waals surface area contributed by atoms with E-state index in [0.717, 1.165) is 10.5 Å². The number of esters is 1. The minimum absolute atomic E-state index is 0.0788. The molecule has 8 nitrogen and oxygen atoms in total. The monoisotopic (exact) mass is 507 g/mol. The third-order valence-electron chi connectivity index (χ3n) is 6.50. The van der Waals surface area contributed by atoms with Crippen molar-refractivity contribution in [3.63, 3.8) is 0 Å². The summed E-state index contributed by atoms with van der Waals surface area (Å²) in [5.41, 5.74) is 8.72. The van der Waals surface area contributed by atoms with Gasteiger partial charge in [0.05, 0.1) is 28.7 Å². The predicted molar refractivity (Wildman–Crippen MR) is 139 cm³/mol. The van der Waals surface area contributed by atoms with Crippen molar-refractivity contribution in [1.82, 2.24) is 0 Å². The van der Waals surface area contributed by atoms with Gasteiger partial charge in [0.15, 0.2) is 5.78 Å². The first-order valence-corrected chi connectivity index (χ1v) is 12.9. The van der Waals surface area contributed by atoms with E-state index in [1.165, 1.54) is 12.1 Å². The van der Waals surface area contributed by atoms with Crippen LogP contribution in [-0.4, -0.2) is 29.5 Å². The molecule has 0 aromatic heterocycles. The van der Waals surface area contributed by atoms with Gasteiger partial charge in [0.2, 0.25) is 0 Å². The van der Waals surface area contributed by atoms with Gasteiger partial charge in [0.25, 0.3) is 5.69 Å². The maximum absolute atomic E-state index is 13.7. The van der Waals surface area contributed by atoms with Crippen LogP contribution in [0, 0.1) is 15.5 Å². The van der Waals surface area contributed by atoms with Gasteiger partial charge < -0.3 is 10.5 Å². The van der Waals surface area contributed by atoms with Gasteiger partial charge in [0, 0.05) is 34.7 Å². The zero-order chi connectivity index (χ0) is 26.2. The number of carbonyl (C=O) groups excluding carboxylic acids is 2. The molecule has 4 rings (SSSR count). The Morgan fingerprint density at radius 2 is 1.92 bits per heavy atom. The van der Waals surface area contributed by atoms with Crippen LogP contribution in [-0.2, 0) is 14.3 Å². The van der Waals surface area contributed by atoms with Crippen LogP contribution in [0.25, 0.3) is 0 Å². The average Bonchev–Trinajstić information content (AvgIpc) is 2.82. The SMILES string of the molecule is CCOC(=O)C1=C(N)N(c2cccc([N+](=O)[O-])c2)C2=C(C(=O)CC(C)(C)C2)[C@@H]1c1ccc(SC)cc1. The van der Waals surface area contributed by atoms with E-state index in [0.29, 0.717) is 29.8 Å². The zero-order valence-corrected chi connectivity index (χ0v) is 21.6. The molecule has 1 atom stereocenters. The van der Waals surface area contributed by atoms with Crippen molar-refractivity contribution in [3.05, 3.63) is 86.9 Å². The number of Topliss-reactive ketones (excluding diaryl/α,β-unsaturated/α-hetero) is 1. The molecule has 1 aliphatic heterocycles. The summed E-state index contributed by atoms with van der Waals surface area (Å²) in [5, 5.41) is 11.5. The Kier molecular flexibility index (Phi) is 6.95. The number of rotatable bonds is 6. The highest BCUT2D eigenvalue weighted by Crippen LogP contribution is 2.50. The van der Waals surface area contributed by atoms with Crippen LogP contribution in [0.3, 0.4) is 0 Å². The number of allylic oxidation sites excluding steroid dienone is 2. The van der Waals surface area contributed by atoms with Gasteiger partial charge in [0.1, 0.15) is 5.82 Å². The van der Waals surface area contributed by atoms with Crippen LogP contribution < -0.4 is 10.6 Å². The Morgan fingerprint density at radius 3 is 2.53 bits per heavy atom. The molecule has 0 amide bonds. The third-order valence-corrected chi connectivity index (χ3v) is 7.25. The first-order chi connectivity index (χ1) is 17.1. The molecule has 0 unspecified atom stereocenters. The summed E-state index contributed by atoms with van der Waals surface area (Å²) in [7, 11) is 0. The van der Waals surface area contributed by atoms with Gasteiger partial charge in [-0.2, -0.15) is 0 Å². The number of nitro benzene ring substituents is 1. The van der Waals surface area contributed by atoms with Crippen LogP contribution in [0.1, 0.15) is 45.1 Å². The lowest BCUT2D eigenvalue weighted by molar-refractivity contribution is -0.384. The normalized spacial score (nSPS) is 19.3. The number of hydrogen-bond acceptors (Lipinski definition) is 8. The quantitative estimate of drug-likeness (QED) is 0.242. The summed E-state index contributed by atoms with van der Waals surface area (Å²) in [6.45, 7) is 5.85. The highest BCUT2D eigenvalue weighted by molar-refractivity contribution is 7.98. The van der Waals surface area contributed by atoms with E-state index in [9.17, 15) is 19.7 Å². The van der Waals surface area contributed by atoms with Gasteiger partial charge in [-0.15, -0.1) is 11.8 Å². The van der Waals surface area contributed by atoms with Crippen LogP contribution >= 0.6 is 11.8 Å². The summed E-state index contributed by atoms with van der Waals surface area (Å²) in [6.07, 6.45) is 2.79. The van der Waals surface area contributed by atoms with E-state index in [1.807, 2.05) is 44.4 Å². The maximum Gasteiger partial charge on any atom is 0.338 e. The second kappa shape index (κ2) is 9.81. The number of hydrogen-bond donors (Lipinski definition) is 1. The molecular formula is C27H29N3O5S. The van der Waals surface area contributed by atoms with Crippen LogP contribution in [0.2, 0.25) is 0 Å². The van der Waals surface area contributed by atoms with Gasteiger partial charge in [-0.05, 0) is 48.8 Å². The fraction of sp³-hybridized carbons (Fsp3) is 0.333. The summed E-state index contributed by atoms with van der Waals surface area (Å²) in [4.78, 5) is 40.8. The number of ether oxygens (including phenoxy) is 1. The number of ketones is 1. The number of nitrogens with zero attached hydrogens (tertiary/aromatic N) is 2. The highest BCUT2D eigenvalue weighted by Gasteiger charge is 2.46. The number of thioether (sulfide) groups is 1. The standard InChI is InChI=1S/C27H29N3O5S/c1-5-35-26(32)24-22(16-9-11-19(36-4)12-10-16)23-20(14-27(2,3)15-21(23)31)29(25(24)28)17-7-6-8-18(13-17)30(33)34/h6-13,22H,5,14-15,28H2,1-4H3/t22-/m0/s1. The Labute approximate surface area is 214 Å². The van der Waals surface area contributed by atoms with Crippen molar-refractivity contribution >= 4 is 34.9 Å². The molecule has 0 fully saturated rings. The molecule has 0 bridgehead atoms. The average molecular weight is 508 g/mol. The summed E-state index contributed by atoms with van der Waals surface area (Å²) >= 11 is 1.59. The molecule has 0 spiro atoms. The third kappa shape index (κ3) is 4.63. The van der Waals surface area contributed by atoms with E-state index in [1.54, 1.807) is 35.7 Å². The lowest BCUT2D eigenvalue weighted by atomic mass is 9.68. The van der Waals surface area contributed by atoms with Gasteiger partial charge in [-0.3, -0.25) is 19.8 Å². The van der Waals surface area contributed by atoms with Crippen molar-refractivity contribution in [3.8, 4) is 0 Å². The minimum Gasteiger partial charge on any atom is -0.463 e. The zero-order valence-electron chi connectivity index (χ0n) is 20.7. The molecule has 2 N–H and O–H groups in total. The van der Waals surface area contributed by atoms with Crippen molar-refractivity contribution in [2.24, 2.45) is 11.1 Å². The van der Waals surface area contributed by atoms with Crippen molar-refractivity contribution < 1.29 is 19.2 Å². The van der Waals surface area contributed by atoms with Crippen molar-refractivity contribution in [2.45, 2.75) is 44.4 Å². The van der Waals surface area contributed by atoms with Crippen molar-refractivity contribution in [1.29, 1.82) is 0 Å². The molecule has 1 aliphatic carbocycles. The van der Waals surface area contributed by atoms with Crippen LogP contribution in [0.15, 0.2) is 76.1 Å². The number of carbonyl (C=O) groups is 2. The van der Waals surface area contributed by atoms with E-state index in [-0.39, 0.29) is 34.9 Å². The van der Waals surface area contributed by atoms with Crippen LogP contribution in [0.4, 0.5) is 11.4 Å². The van der Waals surface area contributed by atoms with Crippen molar-refractivity contribution in [2.75, 3.05) is 17.8 Å². The summed E-state index contributed by atoms with van der Waals surface area (Å²) in [6, 6.07) is 13.8. The predicted octanol–water partition coefficient (Wildman–Crippen LogP) is 5.30. The molecule has 2 aromatic rings. The Hall–Kier alpha value is -3.59. The Morgan fingerprint density at radius 1 is 1.22 bits per heavy atom. The summed E-state index contributed by atoms with van der Waals surface area (Å²) < 4.78 is 5.40. The number of nitrogens with two attached hydrogens (primary N) is 1. The lowest BCUT2D eigenvalue weighted by Gasteiger charge is -2.44. The first-order valence-electron chi connectivity index (χ1n) is 11.7. The topological polar surface area (TPSA) is 116 Å². The second-order valence-corrected chi connectivity index (χ2v) is 10.5. The molecule has 2 aliphatic rings. The molecule has 36 heavy (non-hydrogen) atoms. The molecule has 188 valence electrons. The van der Waals surface area contributed by atoms with Gasteiger partial charge >= 0.3 is 5.97 Å². The fourth-order valence-corrected chi connectivity index (χ4v) is 5.40. The molecule has 1 heterocycles. The fourth-order valence-electron chi connectivity index (χ4n) is 4.99. The summed E-state index contributed by atoms with van der Waals surface area (Å²) in [5.74, 6) is -1.29. The largest absolute Gasteiger partial charge is 0.463 e. The number of anilines is 1. The molecule has 0 saturated heterocycles. The Balaban J connectivity index is 2.02. The molecular weight excluding hydrogens is 478 g/mol. The van der Waals surface area contributed by atoms with E-state index in [4.69, 9.17) is 10.5 Å². The second-order valence-electron chi connectivity index (χ2n) is 9.64. The van der Waals surface area contributed by atoms with E-state index < -0.39 is 16.8 Å². The number of benzene rings is 2.